The normalized spacial score (nSPS) is 11.1. The molecule has 0 atom stereocenters. The second-order valence-corrected chi connectivity index (χ2v) is 8.41. The summed E-state index contributed by atoms with van der Waals surface area (Å²) >= 11 is 0. The van der Waals surface area contributed by atoms with Crippen LogP contribution in [0.2, 0.25) is 0 Å². The number of amides is 1. The molecule has 8 nitrogen and oxygen atoms in total. The van der Waals surface area contributed by atoms with E-state index in [1.54, 1.807) is 60.4 Å². The van der Waals surface area contributed by atoms with Gasteiger partial charge in [0.2, 0.25) is 0 Å². The Balaban J connectivity index is 1.66. The van der Waals surface area contributed by atoms with Crippen LogP contribution in [-0.2, 0) is 20.1 Å². The molecular weight excluding hydrogens is 456 g/mol. The summed E-state index contributed by atoms with van der Waals surface area (Å²) in [6.07, 6.45) is 3.34. The van der Waals surface area contributed by atoms with Crippen molar-refractivity contribution >= 4 is 33.5 Å². The molecule has 0 saturated heterocycles. The van der Waals surface area contributed by atoms with Gasteiger partial charge in [0.25, 0.3) is 11.5 Å². The summed E-state index contributed by atoms with van der Waals surface area (Å²) in [5.41, 5.74) is 2.37. The van der Waals surface area contributed by atoms with Crippen molar-refractivity contribution < 1.29 is 14.3 Å². The van der Waals surface area contributed by atoms with Gasteiger partial charge in [0, 0.05) is 36.9 Å². The number of rotatable bonds is 7. The molecule has 8 heteroatoms. The Bertz CT molecular complexity index is 1650. The molecule has 0 unspecified atom stereocenters. The molecule has 3 aromatic heterocycles. The maximum atomic E-state index is 13.8. The highest BCUT2D eigenvalue weighted by molar-refractivity contribution is 6.12. The van der Waals surface area contributed by atoms with E-state index in [9.17, 15) is 14.4 Å². The van der Waals surface area contributed by atoms with Crippen molar-refractivity contribution in [2.24, 2.45) is 7.05 Å². The number of ether oxygens (including phenoxy) is 1. The van der Waals surface area contributed by atoms with Gasteiger partial charge in [0.05, 0.1) is 24.7 Å². The molecule has 5 aromatic rings. The third-order valence-corrected chi connectivity index (χ3v) is 6.25. The second-order valence-electron chi connectivity index (χ2n) is 8.41. The number of Topliss-reactive ketones (excluding diaryl/α,β-unsaturated/α-hetero) is 1. The fourth-order valence-corrected chi connectivity index (χ4v) is 4.56. The van der Waals surface area contributed by atoms with E-state index in [-0.39, 0.29) is 41.6 Å². The van der Waals surface area contributed by atoms with E-state index < -0.39 is 5.56 Å². The van der Waals surface area contributed by atoms with Crippen LogP contribution in [0, 0.1) is 0 Å². The number of carbonyl (C=O) groups excluding carboxylic acids is 2. The Hall–Kier alpha value is -4.72. The zero-order valence-corrected chi connectivity index (χ0v) is 19.9. The molecular formula is C28H24N4O4. The molecule has 0 aliphatic heterocycles. The predicted octanol–water partition coefficient (Wildman–Crippen LogP) is 3.71. The van der Waals surface area contributed by atoms with Crippen LogP contribution >= 0.6 is 0 Å². The van der Waals surface area contributed by atoms with E-state index in [4.69, 9.17) is 4.74 Å². The molecule has 36 heavy (non-hydrogen) atoms. The molecule has 0 aliphatic rings. The second kappa shape index (κ2) is 9.50. The molecule has 3 heterocycles. The molecule has 0 saturated carbocycles. The van der Waals surface area contributed by atoms with E-state index in [0.29, 0.717) is 16.6 Å². The molecule has 180 valence electrons. The van der Waals surface area contributed by atoms with Gasteiger partial charge < -0.3 is 14.6 Å². The van der Waals surface area contributed by atoms with Gasteiger partial charge in [0.15, 0.2) is 17.2 Å². The number of pyridine rings is 2. The van der Waals surface area contributed by atoms with Crippen LogP contribution in [0.25, 0.3) is 21.8 Å². The lowest BCUT2D eigenvalue weighted by Crippen LogP contribution is -2.25. The molecule has 2 aromatic carbocycles. The van der Waals surface area contributed by atoms with E-state index in [1.165, 1.54) is 11.7 Å². The summed E-state index contributed by atoms with van der Waals surface area (Å²) < 4.78 is 8.77. The first-order valence-corrected chi connectivity index (χ1v) is 11.4. The number of hydrogen-bond acceptors (Lipinski definition) is 5. The first-order valence-electron chi connectivity index (χ1n) is 11.4. The average Bonchev–Trinajstić information content (AvgIpc) is 3.23. The number of aromatic nitrogens is 3. The van der Waals surface area contributed by atoms with Gasteiger partial charge in [-0.15, -0.1) is 0 Å². The molecule has 1 amide bonds. The summed E-state index contributed by atoms with van der Waals surface area (Å²) in [7, 11) is 3.16. The van der Waals surface area contributed by atoms with Crippen molar-refractivity contribution in [1.29, 1.82) is 0 Å². The van der Waals surface area contributed by atoms with Crippen molar-refractivity contribution in [3.05, 3.63) is 106 Å². The first-order chi connectivity index (χ1) is 17.5. The van der Waals surface area contributed by atoms with Crippen LogP contribution in [0.4, 0.5) is 0 Å². The van der Waals surface area contributed by atoms with Crippen LogP contribution in [0.1, 0.15) is 26.4 Å². The standard InChI is InChI=1S/C28H24N4O4/c1-31-24-20-12-6-7-13-21(20)32(17-22(33)19-10-4-3-5-11-19)28(35)23(24)26(36-2)25(31)27(34)30-16-18-9-8-14-29-15-18/h3-15H,16-17H2,1-2H3,(H,30,34). The zero-order chi connectivity index (χ0) is 25.2. The summed E-state index contributed by atoms with van der Waals surface area (Å²) in [4.78, 5) is 44.2. The van der Waals surface area contributed by atoms with Crippen molar-refractivity contribution in [3.63, 3.8) is 0 Å². The Morgan fingerprint density at radius 3 is 2.47 bits per heavy atom. The molecule has 0 aliphatic carbocycles. The summed E-state index contributed by atoms with van der Waals surface area (Å²) in [5.74, 6) is -0.399. The van der Waals surface area contributed by atoms with Gasteiger partial charge in [-0.05, 0) is 17.7 Å². The van der Waals surface area contributed by atoms with Crippen molar-refractivity contribution in [2.45, 2.75) is 13.1 Å². The number of benzene rings is 2. The minimum atomic E-state index is -0.397. The monoisotopic (exact) mass is 480 g/mol. The largest absolute Gasteiger partial charge is 0.493 e. The van der Waals surface area contributed by atoms with Crippen LogP contribution in [-0.4, -0.2) is 32.9 Å². The lowest BCUT2D eigenvalue weighted by molar-refractivity contribution is 0.0938. The molecule has 5 rings (SSSR count). The lowest BCUT2D eigenvalue weighted by Gasteiger charge is -2.12. The predicted molar refractivity (Wildman–Crippen MR) is 137 cm³/mol. The lowest BCUT2D eigenvalue weighted by atomic mass is 10.1. The number of nitrogens with one attached hydrogen (secondary N) is 1. The number of aryl methyl sites for hydroxylation is 1. The molecule has 0 spiro atoms. The minimum Gasteiger partial charge on any atom is -0.493 e. The number of hydrogen-bond donors (Lipinski definition) is 1. The molecule has 0 radical (unpaired) electrons. The number of ketones is 1. The van der Waals surface area contributed by atoms with Gasteiger partial charge in [-0.25, -0.2) is 0 Å². The van der Waals surface area contributed by atoms with Crippen LogP contribution in [0.3, 0.4) is 0 Å². The molecule has 0 fully saturated rings. The average molecular weight is 481 g/mol. The van der Waals surface area contributed by atoms with Gasteiger partial charge >= 0.3 is 0 Å². The Morgan fingerprint density at radius 1 is 1.00 bits per heavy atom. The molecule has 1 N–H and O–H groups in total. The van der Waals surface area contributed by atoms with Crippen molar-refractivity contribution in [3.8, 4) is 5.75 Å². The van der Waals surface area contributed by atoms with Gasteiger partial charge in [-0.1, -0.05) is 54.6 Å². The van der Waals surface area contributed by atoms with Crippen molar-refractivity contribution in [1.82, 2.24) is 19.4 Å². The summed E-state index contributed by atoms with van der Waals surface area (Å²) in [5, 5.41) is 3.88. The third kappa shape index (κ3) is 3.92. The summed E-state index contributed by atoms with van der Waals surface area (Å²) in [6, 6.07) is 19.9. The van der Waals surface area contributed by atoms with Crippen LogP contribution in [0.15, 0.2) is 83.9 Å². The minimum absolute atomic E-state index is 0.139. The third-order valence-electron chi connectivity index (χ3n) is 6.25. The van der Waals surface area contributed by atoms with Crippen LogP contribution < -0.4 is 15.6 Å². The first kappa shape index (κ1) is 23.0. The van der Waals surface area contributed by atoms with E-state index in [0.717, 1.165) is 10.9 Å². The van der Waals surface area contributed by atoms with Gasteiger partial charge in [-0.2, -0.15) is 0 Å². The Kier molecular flexibility index (Phi) is 6.08. The Morgan fingerprint density at radius 2 is 1.75 bits per heavy atom. The number of fused-ring (bicyclic) bond motifs is 3. The maximum absolute atomic E-state index is 13.8. The fourth-order valence-electron chi connectivity index (χ4n) is 4.56. The van der Waals surface area contributed by atoms with Gasteiger partial charge in [0.1, 0.15) is 5.39 Å². The molecule has 0 bridgehead atoms. The van der Waals surface area contributed by atoms with E-state index >= 15 is 0 Å². The zero-order valence-electron chi connectivity index (χ0n) is 19.9. The Labute approximate surface area is 206 Å². The number of nitrogens with zero attached hydrogens (tertiary/aromatic N) is 3. The summed E-state index contributed by atoms with van der Waals surface area (Å²) in [6.45, 7) is 0.133. The maximum Gasteiger partial charge on any atom is 0.272 e. The fraction of sp³-hybridized carbons (Fsp3) is 0.143. The van der Waals surface area contributed by atoms with Crippen LogP contribution in [0.5, 0.6) is 5.75 Å². The number of methoxy groups -OCH3 is 1. The van der Waals surface area contributed by atoms with Crippen molar-refractivity contribution in [2.75, 3.05) is 7.11 Å². The van der Waals surface area contributed by atoms with E-state index in [2.05, 4.69) is 10.3 Å². The van der Waals surface area contributed by atoms with E-state index in [1.807, 2.05) is 30.3 Å². The number of para-hydroxylation sites is 1. The highest BCUT2D eigenvalue weighted by Gasteiger charge is 2.27. The number of carbonyl (C=O) groups is 2. The topological polar surface area (TPSA) is 95.2 Å². The quantitative estimate of drug-likeness (QED) is 0.359. The highest BCUT2D eigenvalue weighted by atomic mass is 16.5. The smallest absolute Gasteiger partial charge is 0.272 e. The highest BCUT2D eigenvalue weighted by Crippen LogP contribution is 2.34. The SMILES string of the molecule is COc1c(C(=O)NCc2cccnc2)n(C)c2c1c(=O)n(CC(=O)c1ccccc1)c1ccccc21. The van der Waals surface area contributed by atoms with Gasteiger partial charge in [-0.3, -0.25) is 23.9 Å².